The van der Waals surface area contributed by atoms with E-state index in [0.717, 1.165) is 31.3 Å². The molecule has 6 rings (SSSR count). The number of rotatable bonds is 7. The second-order valence-corrected chi connectivity index (χ2v) is 10.8. The van der Waals surface area contributed by atoms with Gasteiger partial charge in [-0.15, -0.1) is 0 Å². The average Bonchev–Trinajstić information content (AvgIpc) is 3.69. The van der Waals surface area contributed by atoms with Crippen LogP contribution in [-0.2, 0) is 19.1 Å². The van der Waals surface area contributed by atoms with Crippen LogP contribution in [0.1, 0.15) is 39.0 Å². The fourth-order valence-corrected chi connectivity index (χ4v) is 6.50. The summed E-state index contributed by atoms with van der Waals surface area (Å²) in [6.45, 7) is 2.47. The molecule has 5 aliphatic rings. The van der Waals surface area contributed by atoms with Crippen molar-refractivity contribution in [3.05, 3.63) is 71.4 Å². The second-order valence-electron chi connectivity index (χ2n) is 10.8. The summed E-state index contributed by atoms with van der Waals surface area (Å²) in [5.74, 6) is 0.0153. The summed E-state index contributed by atoms with van der Waals surface area (Å²) >= 11 is 0. The number of nitrogens with one attached hydrogen (secondary N) is 2. The number of allylic oxidation sites excluding steroid dienone is 3. The van der Waals surface area contributed by atoms with Gasteiger partial charge in [0.05, 0.1) is 18.3 Å². The Bertz CT molecular complexity index is 1310. The molecule has 1 saturated carbocycles. The van der Waals surface area contributed by atoms with Gasteiger partial charge in [0.1, 0.15) is 23.5 Å². The number of hydrogen-bond donors (Lipinski definition) is 2. The second kappa shape index (κ2) is 9.58. The molecule has 3 amide bonds. The summed E-state index contributed by atoms with van der Waals surface area (Å²) < 4.78 is 11.7. The highest BCUT2D eigenvalue weighted by atomic mass is 16.5. The molecule has 2 bridgehead atoms. The molecule has 1 aromatic rings. The number of anilines is 1. The average molecular weight is 516 g/mol. The Hall–Kier alpha value is -3.65. The first-order valence-corrected chi connectivity index (χ1v) is 13.4. The van der Waals surface area contributed by atoms with Gasteiger partial charge in [-0.3, -0.25) is 14.4 Å². The van der Waals surface area contributed by atoms with E-state index in [9.17, 15) is 14.4 Å². The fraction of sp³-hybridized carbons (Fsp3) is 0.433. The molecule has 38 heavy (non-hydrogen) atoms. The molecule has 1 spiro atoms. The minimum Gasteiger partial charge on any atom is -0.497 e. The smallest absolute Gasteiger partial charge is 0.255 e. The summed E-state index contributed by atoms with van der Waals surface area (Å²) in [6, 6.07) is 6.22. The molecule has 0 radical (unpaired) electrons. The van der Waals surface area contributed by atoms with Crippen LogP contribution in [-0.4, -0.2) is 60.1 Å². The molecular formula is C30H33N3O5. The van der Waals surface area contributed by atoms with Crippen LogP contribution in [0.25, 0.3) is 0 Å². The number of amides is 3. The van der Waals surface area contributed by atoms with Gasteiger partial charge in [-0.25, -0.2) is 0 Å². The quantitative estimate of drug-likeness (QED) is 0.543. The van der Waals surface area contributed by atoms with Crippen molar-refractivity contribution < 1.29 is 23.9 Å². The van der Waals surface area contributed by atoms with Crippen LogP contribution in [0.15, 0.2) is 71.4 Å². The number of hydrogen-bond acceptors (Lipinski definition) is 5. The lowest BCUT2D eigenvalue weighted by Crippen LogP contribution is -2.57. The van der Waals surface area contributed by atoms with Crippen LogP contribution in [0, 0.1) is 5.92 Å². The zero-order valence-electron chi connectivity index (χ0n) is 21.7. The topological polar surface area (TPSA) is 97.0 Å². The SMILES string of the molecule is COc1cccc(NC(=O)C2=C3C(=O)N(CC4=CC=CC4)C(C(=O)NC4CCCCC4C)C34C=CC2O4)c1. The van der Waals surface area contributed by atoms with Crippen molar-refractivity contribution in [2.45, 2.75) is 62.8 Å². The molecule has 2 fully saturated rings. The Morgan fingerprint density at radius 1 is 1.24 bits per heavy atom. The molecule has 2 aliphatic carbocycles. The van der Waals surface area contributed by atoms with E-state index < -0.39 is 23.7 Å². The maximum atomic E-state index is 14.0. The Kier molecular flexibility index (Phi) is 6.22. The number of benzene rings is 1. The van der Waals surface area contributed by atoms with Crippen molar-refractivity contribution in [2.24, 2.45) is 5.92 Å². The molecule has 0 aromatic heterocycles. The van der Waals surface area contributed by atoms with Crippen LogP contribution in [0.4, 0.5) is 5.69 Å². The van der Waals surface area contributed by atoms with Gasteiger partial charge in [-0.1, -0.05) is 50.1 Å². The molecule has 3 aliphatic heterocycles. The maximum Gasteiger partial charge on any atom is 0.255 e. The third-order valence-electron chi connectivity index (χ3n) is 8.46. The van der Waals surface area contributed by atoms with Gasteiger partial charge < -0.3 is 25.0 Å². The van der Waals surface area contributed by atoms with Crippen LogP contribution >= 0.6 is 0 Å². The van der Waals surface area contributed by atoms with E-state index in [2.05, 4.69) is 17.6 Å². The maximum absolute atomic E-state index is 14.0. The molecule has 1 aromatic carbocycles. The lowest BCUT2D eigenvalue weighted by molar-refractivity contribution is -0.138. The molecule has 1 saturated heterocycles. The Morgan fingerprint density at radius 2 is 2.08 bits per heavy atom. The van der Waals surface area contributed by atoms with Gasteiger partial charge in [0.2, 0.25) is 5.91 Å². The highest BCUT2D eigenvalue weighted by Gasteiger charge is 2.67. The van der Waals surface area contributed by atoms with Crippen molar-refractivity contribution in [3.63, 3.8) is 0 Å². The van der Waals surface area contributed by atoms with E-state index in [1.54, 1.807) is 42.4 Å². The molecule has 8 nitrogen and oxygen atoms in total. The predicted molar refractivity (Wildman–Crippen MR) is 142 cm³/mol. The third kappa shape index (κ3) is 3.98. The van der Waals surface area contributed by atoms with Crippen molar-refractivity contribution in [2.75, 3.05) is 19.0 Å². The number of fused-ring (bicyclic) bond motifs is 1. The largest absolute Gasteiger partial charge is 0.497 e. The first-order chi connectivity index (χ1) is 18.4. The summed E-state index contributed by atoms with van der Waals surface area (Å²) in [7, 11) is 1.56. The van der Waals surface area contributed by atoms with Crippen molar-refractivity contribution in [1.29, 1.82) is 0 Å². The molecule has 5 atom stereocenters. The van der Waals surface area contributed by atoms with E-state index >= 15 is 0 Å². The first kappa shape index (κ1) is 24.7. The number of likely N-dealkylation sites (tertiary alicyclic amines) is 1. The normalized spacial score (nSPS) is 31.1. The summed E-state index contributed by atoms with van der Waals surface area (Å²) in [5.41, 5.74) is 0.851. The summed E-state index contributed by atoms with van der Waals surface area (Å²) in [5, 5.41) is 6.15. The van der Waals surface area contributed by atoms with Gasteiger partial charge in [-0.05, 0) is 49.0 Å². The standard InChI is InChI=1S/C30H33N3O5/c1-18-8-3-6-13-22(18)32-28(35)26-30-15-14-23(38-30)24(27(34)31-20-11-7-12-21(16-20)37-2)25(30)29(36)33(26)17-19-9-4-5-10-19/h4-5,7,9,11-12,14-16,18,22-23,26H,3,6,8,10,13,17H2,1-2H3,(H,31,34)(H,32,35). The monoisotopic (exact) mass is 515 g/mol. The summed E-state index contributed by atoms with van der Waals surface area (Å²) in [6.07, 6.45) is 13.9. The van der Waals surface area contributed by atoms with Gasteiger partial charge >= 0.3 is 0 Å². The Balaban J connectivity index is 1.35. The van der Waals surface area contributed by atoms with Crippen LogP contribution in [0.3, 0.4) is 0 Å². The van der Waals surface area contributed by atoms with Gasteiger partial charge in [-0.2, -0.15) is 0 Å². The predicted octanol–water partition coefficient (Wildman–Crippen LogP) is 3.43. The number of methoxy groups -OCH3 is 1. The lowest BCUT2D eigenvalue weighted by Gasteiger charge is -2.35. The number of ether oxygens (including phenoxy) is 2. The van der Waals surface area contributed by atoms with Crippen molar-refractivity contribution >= 4 is 23.4 Å². The van der Waals surface area contributed by atoms with Crippen LogP contribution in [0.5, 0.6) is 5.75 Å². The molecular weight excluding hydrogens is 482 g/mol. The lowest BCUT2D eigenvalue weighted by atomic mass is 9.83. The minimum absolute atomic E-state index is 0.0587. The van der Waals surface area contributed by atoms with E-state index in [4.69, 9.17) is 9.47 Å². The van der Waals surface area contributed by atoms with Crippen molar-refractivity contribution in [3.8, 4) is 5.75 Å². The highest BCUT2D eigenvalue weighted by Crippen LogP contribution is 2.52. The molecule has 198 valence electrons. The minimum atomic E-state index is -1.28. The molecule has 2 N–H and O–H groups in total. The Labute approximate surface area is 222 Å². The zero-order valence-corrected chi connectivity index (χ0v) is 21.7. The number of carbonyl (C=O) groups excluding carboxylic acids is 3. The van der Waals surface area contributed by atoms with Gasteiger partial charge in [0.25, 0.3) is 11.8 Å². The number of nitrogens with zero attached hydrogens (tertiary/aromatic N) is 1. The first-order valence-electron chi connectivity index (χ1n) is 13.4. The third-order valence-corrected chi connectivity index (χ3v) is 8.46. The van der Waals surface area contributed by atoms with Crippen molar-refractivity contribution in [1.82, 2.24) is 10.2 Å². The Morgan fingerprint density at radius 3 is 2.84 bits per heavy atom. The van der Waals surface area contributed by atoms with E-state index in [-0.39, 0.29) is 29.0 Å². The zero-order chi connectivity index (χ0) is 26.4. The fourth-order valence-electron chi connectivity index (χ4n) is 6.50. The van der Waals surface area contributed by atoms with E-state index in [0.29, 0.717) is 23.9 Å². The number of carbonyl (C=O) groups is 3. The van der Waals surface area contributed by atoms with Gasteiger partial charge in [0.15, 0.2) is 0 Å². The highest BCUT2D eigenvalue weighted by molar-refractivity contribution is 6.16. The molecule has 5 unspecified atom stereocenters. The summed E-state index contributed by atoms with van der Waals surface area (Å²) in [4.78, 5) is 43.1. The molecule has 3 heterocycles. The van der Waals surface area contributed by atoms with E-state index in [1.165, 1.54) is 6.42 Å². The van der Waals surface area contributed by atoms with Gasteiger partial charge in [0, 0.05) is 24.3 Å². The molecule has 8 heteroatoms. The van der Waals surface area contributed by atoms with Crippen LogP contribution in [0.2, 0.25) is 0 Å². The van der Waals surface area contributed by atoms with E-state index in [1.807, 2.05) is 24.3 Å². The van der Waals surface area contributed by atoms with Crippen LogP contribution < -0.4 is 15.4 Å².